The summed E-state index contributed by atoms with van der Waals surface area (Å²) in [5, 5.41) is 82.9. The lowest BCUT2D eigenvalue weighted by atomic mass is 9.84. The van der Waals surface area contributed by atoms with Crippen LogP contribution in [0, 0.1) is 0 Å². The minimum absolute atomic E-state index is 0.0154. The van der Waals surface area contributed by atoms with Crippen LogP contribution in [-0.4, -0.2) is 151 Å². The van der Waals surface area contributed by atoms with Crippen LogP contribution in [0.1, 0.15) is 181 Å². The second-order valence-corrected chi connectivity index (χ2v) is 19.4. The van der Waals surface area contributed by atoms with Gasteiger partial charge in [-0.05, 0) is 38.5 Å². The van der Waals surface area contributed by atoms with Crippen molar-refractivity contribution in [3.8, 4) is 0 Å². The van der Waals surface area contributed by atoms with E-state index in [4.69, 9.17) is 28.0 Å². The largest absolute Gasteiger partial charge is 0.472 e. The van der Waals surface area contributed by atoms with E-state index in [1.165, 1.54) is 89.9 Å². The molecule has 1 heterocycles. The third kappa shape index (κ3) is 24.3. The third-order valence-corrected chi connectivity index (χ3v) is 13.2. The van der Waals surface area contributed by atoms with Crippen molar-refractivity contribution in [3.63, 3.8) is 0 Å². The fraction of sp³-hybridized carbons (Fsp3) is 0.915. The van der Waals surface area contributed by atoms with E-state index in [1.807, 2.05) is 0 Å². The van der Waals surface area contributed by atoms with Crippen LogP contribution < -0.4 is 0 Å². The van der Waals surface area contributed by atoms with E-state index in [0.717, 1.165) is 51.4 Å². The summed E-state index contributed by atoms with van der Waals surface area (Å²) in [4.78, 5) is 36.5. The second kappa shape index (κ2) is 35.5. The number of carbonyl (C=O) groups excluding carboxylic acids is 2. The topological polar surface area (TPSA) is 289 Å². The summed E-state index contributed by atoms with van der Waals surface area (Å²) >= 11 is 0. The summed E-state index contributed by atoms with van der Waals surface area (Å²) in [6, 6.07) is 0. The number of unbranched alkanes of at least 4 members (excludes halogenated alkanes) is 21. The van der Waals surface area contributed by atoms with E-state index in [1.54, 1.807) is 0 Å². The molecule has 1 aliphatic carbocycles. The van der Waals surface area contributed by atoms with Gasteiger partial charge in [0, 0.05) is 12.8 Å². The van der Waals surface area contributed by atoms with Gasteiger partial charge < -0.3 is 64.7 Å². The van der Waals surface area contributed by atoms with Gasteiger partial charge in [0.2, 0.25) is 0 Å². The SMILES string of the molecule is CCCCCCCCC=CCCCCCC(=O)OC(COC(=O)CCCCCCCCCCCCCCC)COP(=O)(O)OC1C(O)C(O)C(O)C(O)C1OC1OC(CO)C(O)C(O)C1O. The molecule has 0 aromatic rings. The van der Waals surface area contributed by atoms with Gasteiger partial charge in [0.15, 0.2) is 12.4 Å². The number of aliphatic hydroxyl groups excluding tert-OH is 8. The highest BCUT2D eigenvalue weighted by Gasteiger charge is 2.55. The number of ether oxygens (including phenoxy) is 4. The Kier molecular flexibility index (Phi) is 32.5. The second-order valence-electron chi connectivity index (χ2n) is 18.0. The first-order valence-corrected chi connectivity index (χ1v) is 26.5. The predicted octanol–water partition coefficient (Wildman–Crippen LogP) is 5.32. The first kappa shape index (κ1) is 60.5. The summed E-state index contributed by atoms with van der Waals surface area (Å²) in [6.45, 7) is 2.20. The van der Waals surface area contributed by atoms with Crippen LogP contribution in [-0.2, 0) is 42.1 Å². The Balaban J connectivity index is 1.97. The van der Waals surface area contributed by atoms with Crippen LogP contribution >= 0.6 is 7.82 Å². The summed E-state index contributed by atoms with van der Waals surface area (Å²) < 4.78 is 45.4. The van der Waals surface area contributed by atoms with Gasteiger partial charge in [0.05, 0.1) is 13.2 Å². The number of esters is 2. The van der Waals surface area contributed by atoms with Crippen LogP contribution in [0.5, 0.6) is 0 Å². The lowest BCUT2D eigenvalue weighted by Crippen LogP contribution is -2.67. The third-order valence-electron chi connectivity index (χ3n) is 12.2. The number of phosphoric acid groups is 1. The fourth-order valence-corrected chi connectivity index (χ4v) is 9.02. The molecule has 1 saturated carbocycles. The summed E-state index contributed by atoms with van der Waals surface area (Å²) in [5.74, 6) is -1.23. The maximum atomic E-state index is 13.4. The molecule has 0 aromatic heterocycles. The highest BCUT2D eigenvalue weighted by atomic mass is 31.2. The number of allylic oxidation sites excluding steroid dienone is 2. The van der Waals surface area contributed by atoms with Gasteiger partial charge in [-0.3, -0.25) is 18.6 Å². The maximum Gasteiger partial charge on any atom is 0.472 e. The van der Waals surface area contributed by atoms with E-state index in [-0.39, 0.29) is 12.8 Å². The first-order chi connectivity index (χ1) is 31.7. The molecule has 66 heavy (non-hydrogen) atoms. The van der Waals surface area contributed by atoms with Crippen molar-refractivity contribution >= 4 is 19.8 Å². The maximum absolute atomic E-state index is 13.4. The lowest BCUT2D eigenvalue weighted by molar-refractivity contribution is -0.338. The molecule has 2 rings (SSSR count). The minimum Gasteiger partial charge on any atom is -0.462 e. The molecule has 0 aromatic carbocycles. The molecule has 388 valence electrons. The summed E-state index contributed by atoms with van der Waals surface area (Å²) in [7, 11) is -5.37. The Morgan fingerprint density at radius 3 is 1.52 bits per heavy atom. The fourth-order valence-electron chi connectivity index (χ4n) is 8.05. The molecule has 0 amide bonds. The molecule has 0 radical (unpaired) electrons. The average Bonchev–Trinajstić information content (AvgIpc) is 3.29. The zero-order valence-electron chi connectivity index (χ0n) is 39.7. The van der Waals surface area contributed by atoms with Crippen molar-refractivity contribution in [2.75, 3.05) is 19.8 Å². The molecule has 18 nitrogen and oxygen atoms in total. The van der Waals surface area contributed by atoms with Gasteiger partial charge in [-0.1, -0.05) is 142 Å². The van der Waals surface area contributed by atoms with Crippen molar-refractivity contribution in [2.24, 2.45) is 0 Å². The van der Waals surface area contributed by atoms with Crippen molar-refractivity contribution in [1.82, 2.24) is 0 Å². The number of aliphatic hydroxyl groups is 8. The lowest BCUT2D eigenvalue weighted by Gasteiger charge is -2.47. The van der Waals surface area contributed by atoms with Crippen LogP contribution in [0.4, 0.5) is 0 Å². The predicted molar refractivity (Wildman–Crippen MR) is 245 cm³/mol. The van der Waals surface area contributed by atoms with Crippen LogP contribution in [0.25, 0.3) is 0 Å². The molecule has 13 unspecified atom stereocenters. The normalized spacial score (nSPS) is 28.3. The Morgan fingerprint density at radius 2 is 1.00 bits per heavy atom. The first-order valence-electron chi connectivity index (χ1n) is 25.0. The van der Waals surface area contributed by atoms with Crippen molar-refractivity contribution in [3.05, 3.63) is 12.2 Å². The Morgan fingerprint density at radius 1 is 0.561 bits per heavy atom. The number of carbonyl (C=O) groups is 2. The molecule has 19 heteroatoms. The van der Waals surface area contributed by atoms with Gasteiger partial charge in [-0.25, -0.2) is 4.57 Å². The van der Waals surface area contributed by atoms with E-state index in [0.29, 0.717) is 12.8 Å². The standard InChI is InChI=1S/C47H87O18P/c1-3-5-7-9-11-13-15-17-19-21-23-25-27-29-36(49)60-32-34(62-37(50)30-28-26-24-22-20-18-16-14-12-10-8-6-4-2)33-61-66(58,59)65-46-43(56)41(54)40(53)42(55)45(46)64-47-44(57)39(52)38(51)35(31-48)63-47/h18,20,34-35,38-48,51-57H,3-17,19,21-33H2,1-2H3,(H,58,59). The molecule has 2 fully saturated rings. The van der Waals surface area contributed by atoms with Crippen molar-refractivity contribution in [1.29, 1.82) is 0 Å². The molecule has 2 aliphatic rings. The summed E-state index contributed by atoms with van der Waals surface area (Å²) in [6.07, 6.45) is 7.33. The number of phosphoric ester groups is 1. The van der Waals surface area contributed by atoms with E-state index < -0.39 is 113 Å². The number of rotatable bonds is 38. The van der Waals surface area contributed by atoms with Gasteiger partial charge >= 0.3 is 19.8 Å². The molecule has 1 aliphatic heterocycles. The van der Waals surface area contributed by atoms with Crippen LogP contribution in [0.15, 0.2) is 12.2 Å². The monoisotopic (exact) mass is 971 g/mol. The van der Waals surface area contributed by atoms with Gasteiger partial charge in [0.1, 0.15) is 67.6 Å². The quantitative estimate of drug-likeness (QED) is 0.0164. The van der Waals surface area contributed by atoms with Gasteiger partial charge in [0.25, 0.3) is 0 Å². The highest BCUT2D eigenvalue weighted by molar-refractivity contribution is 7.47. The Labute approximate surface area is 393 Å². The van der Waals surface area contributed by atoms with E-state index in [2.05, 4.69) is 26.0 Å². The molecule has 9 N–H and O–H groups in total. The van der Waals surface area contributed by atoms with Crippen molar-refractivity contribution in [2.45, 2.75) is 254 Å². The minimum atomic E-state index is -5.37. The molecule has 0 spiro atoms. The molecular weight excluding hydrogens is 883 g/mol. The zero-order valence-corrected chi connectivity index (χ0v) is 40.6. The van der Waals surface area contributed by atoms with E-state index >= 15 is 0 Å². The number of hydrogen-bond donors (Lipinski definition) is 9. The number of hydrogen-bond acceptors (Lipinski definition) is 17. The van der Waals surface area contributed by atoms with Crippen LogP contribution in [0.3, 0.4) is 0 Å². The Hall–Kier alpha value is -1.61. The van der Waals surface area contributed by atoms with Gasteiger partial charge in [-0.15, -0.1) is 0 Å². The molecule has 1 saturated heterocycles. The van der Waals surface area contributed by atoms with Crippen molar-refractivity contribution < 1.29 is 87.9 Å². The zero-order chi connectivity index (χ0) is 48.7. The highest BCUT2D eigenvalue weighted by Crippen LogP contribution is 2.48. The van der Waals surface area contributed by atoms with E-state index in [9.17, 15) is 59.9 Å². The summed E-state index contributed by atoms with van der Waals surface area (Å²) in [5.41, 5.74) is 0. The average molecular weight is 971 g/mol. The van der Waals surface area contributed by atoms with Gasteiger partial charge in [-0.2, -0.15) is 0 Å². The van der Waals surface area contributed by atoms with Crippen LogP contribution in [0.2, 0.25) is 0 Å². The molecule has 13 atom stereocenters. The Bertz CT molecular complexity index is 1340. The molecular formula is C47H87O18P. The molecule has 0 bridgehead atoms. The smallest absolute Gasteiger partial charge is 0.462 e.